The van der Waals surface area contributed by atoms with E-state index in [0.717, 1.165) is 11.1 Å². The number of carbonyl (C=O) groups is 4. The summed E-state index contributed by atoms with van der Waals surface area (Å²) in [6.45, 7) is 0.572. The van der Waals surface area contributed by atoms with Crippen LogP contribution in [-0.4, -0.2) is 39.7 Å². The lowest BCUT2D eigenvalue weighted by Crippen LogP contribution is -2.52. The van der Waals surface area contributed by atoms with Crippen molar-refractivity contribution < 1.29 is 19.2 Å². The van der Waals surface area contributed by atoms with Crippen molar-refractivity contribution in [2.45, 2.75) is 50.7 Å². The summed E-state index contributed by atoms with van der Waals surface area (Å²) in [5.41, 5.74) is 3.32. The highest BCUT2D eigenvalue weighted by Crippen LogP contribution is 2.39. The molecule has 1 unspecified atom stereocenters. The van der Waals surface area contributed by atoms with Crippen LogP contribution in [0, 0.1) is 0 Å². The smallest absolute Gasteiger partial charge is 0.320 e. The van der Waals surface area contributed by atoms with Crippen molar-refractivity contribution in [1.82, 2.24) is 20.5 Å². The average molecular weight is 433 g/mol. The first-order valence-corrected chi connectivity index (χ1v) is 10.8. The number of nitrogens with one attached hydrogen (secondary N) is 3. The summed E-state index contributed by atoms with van der Waals surface area (Å²) < 4.78 is 0. The molecule has 2 fully saturated rings. The first kappa shape index (κ1) is 20.2. The van der Waals surface area contributed by atoms with Gasteiger partial charge in [0.1, 0.15) is 11.9 Å². The van der Waals surface area contributed by atoms with E-state index < -0.39 is 11.9 Å². The zero-order valence-electron chi connectivity index (χ0n) is 17.4. The zero-order chi connectivity index (χ0) is 22.2. The van der Waals surface area contributed by atoms with Crippen molar-refractivity contribution in [3.8, 4) is 0 Å². The SMILES string of the molecule is O=C1CCC(N2Cc3ccc(CNC(=O)Nc4ccc(C5CC5)cn4)cc3C2=O)C(=O)N1. The third-order valence-corrected chi connectivity index (χ3v) is 6.12. The van der Waals surface area contributed by atoms with E-state index >= 15 is 0 Å². The molecule has 1 saturated carbocycles. The molecule has 0 bridgehead atoms. The number of hydrogen-bond acceptors (Lipinski definition) is 5. The summed E-state index contributed by atoms with van der Waals surface area (Å²) in [5, 5.41) is 7.78. The van der Waals surface area contributed by atoms with Gasteiger partial charge in [-0.2, -0.15) is 0 Å². The molecule has 3 heterocycles. The molecule has 3 aliphatic rings. The first-order chi connectivity index (χ1) is 15.5. The Morgan fingerprint density at radius 1 is 1.12 bits per heavy atom. The molecule has 32 heavy (non-hydrogen) atoms. The van der Waals surface area contributed by atoms with Crippen molar-refractivity contribution >= 4 is 29.6 Å². The van der Waals surface area contributed by atoms with E-state index in [1.54, 1.807) is 18.3 Å². The lowest BCUT2D eigenvalue weighted by molar-refractivity contribution is -0.136. The van der Waals surface area contributed by atoms with Gasteiger partial charge < -0.3 is 10.2 Å². The monoisotopic (exact) mass is 433 g/mol. The molecule has 1 atom stereocenters. The van der Waals surface area contributed by atoms with Gasteiger partial charge in [-0.25, -0.2) is 9.78 Å². The molecule has 9 nitrogen and oxygen atoms in total. The summed E-state index contributed by atoms with van der Waals surface area (Å²) in [6.07, 6.45) is 4.74. The lowest BCUT2D eigenvalue weighted by atomic mass is 10.0. The summed E-state index contributed by atoms with van der Waals surface area (Å²) >= 11 is 0. The predicted octanol–water partition coefficient (Wildman–Crippen LogP) is 2.04. The van der Waals surface area contributed by atoms with E-state index in [2.05, 4.69) is 20.9 Å². The zero-order valence-corrected chi connectivity index (χ0v) is 17.4. The fraction of sp³-hybridized carbons (Fsp3) is 0.348. The Hall–Kier alpha value is -3.75. The average Bonchev–Trinajstić information content (AvgIpc) is 3.58. The number of rotatable bonds is 5. The Kier molecular flexibility index (Phi) is 5.08. The Morgan fingerprint density at radius 3 is 2.69 bits per heavy atom. The van der Waals surface area contributed by atoms with Gasteiger partial charge in [-0.3, -0.25) is 25.0 Å². The third kappa shape index (κ3) is 4.05. The van der Waals surface area contributed by atoms with Gasteiger partial charge in [0.2, 0.25) is 11.8 Å². The Labute approximate surface area is 184 Å². The number of aromatic nitrogens is 1. The number of fused-ring (bicyclic) bond motifs is 1. The van der Waals surface area contributed by atoms with Gasteiger partial charge in [0.25, 0.3) is 5.91 Å². The molecule has 164 valence electrons. The largest absolute Gasteiger partial charge is 0.334 e. The highest BCUT2D eigenvalue weighted by atomic mass is 16.2. The number of amides is 5. The van der Waals surface area contributed by atoms with E-state index in [1.165, 1.54) is 23.3 Å². The molecule has 9 heteroatoms. The number of anilines is 1. The lowest BCUT2D eigenvalue weighted by Gasteiger charge is -2.29. The Balaban J connectivity index is 1.18. The number of benzene rings is 1. The predicted molar refractivity (Wildman–Crippen MR) is 115 cm³/mol. The number of pyridine rings is 1. The van der Waals surface area contributed by atoms with Crippen molar-refractivity contribution in [2.75, 3.05) is 5.32 Å². The van der Waals surface area contributed by atoms with Gasteiger partial charge in [0.15, 0.2) is 0 Å². The van der Waals surface area contributed by atoms with Crippen LogP contribution in [0.25, 0.3) is 0 Å². The van der Waals surface area contributed by atoms with Crippen LogP contribution in [0.4, 0.5) is 10.6 Å². The Morgan fingerprint density at radius 2 is 1.97 bits per heavy atom. The molecule has 2 aromatic rings. The molecule has 1 saturated heterocycles. The molecule has 2 aliphatic heterocycles. The van der Waals surface area contributed by atoms with Gasteiger partial charge in [-0.05, 0) is 54.0 Å². The topological polar surface area (TPSA) is 120 Å². The van der Waals surface area contributed by atoms with Crippen molar-refractivity contribution in [1.29, 1.82) is 0 Å². The quantitative estimate of drug-likeness (QED) is 0.623. The molecular formula is C23H23N5O4. The highest BCUT2D eigenvalue weighted by Gasteiger charge is 2.39. The molecule has 0 spiro atoms. The summed E-state index contributed by atoms with van der Waals surface area (Å²) in [4.78, 5) is 54.4. The van der Waals surface area contributed by atoms with Crippen molar-refractivity contribution in [2.24, 2.45) is 0 Å². The maximum atomic E-state index is 12.9. The molecule has 3 N–H and O–H groups in total. The van der Waals surface area contributed by atoms with Gasteiger partial charge in [0.05, 0.1) is 0 Å². The summed E-state index contributed by atoms with van der Waals surface area (Å²) in [5.74, 6) is 0.117. The van der Waals surface area contributed by atoms with Crippen LogP contribution in [0.1, 0.15) is 58.6 Å². The van der Waals surface area contributed by atoms with Gasteiger partial charge >= 0.3 is 6.03 Å². The molecule has 0 radical (unpaired) electrons. The highest BCUT2D eigenvalue weighted by molar-refractivity contribution is 6.05. The molecule has 1 aromatic carbocycles. The van der Waals surface area contributed by atoms with E-state index in [0.29, 0.717) is 30.3 Å². The van der Waals surface area contributed by atoms with Crippen LogP contribution < -0.4 is 16.0 Å². The molecular weight excluding hydrogens is 410 g/mol. The fourth-order valence-corrected chi connectivity index (χ4v) is 4.19. The first-order valence-electron chi connectivity index (χ1n) is 10.8. The van der Waals surface area contributed by atoms with Gasteiger partial charge in [0, 0.05) is 31.3 Å². The van der Waals surface area contributed by atoms with Gasteiger partial charge in [-0.15, -0.1) is 0 Å². The third-order valence-electron chi connectivity index (χ3n) is 6.12. The normalized spacial score (nSPS) is 20.1. The van der Waals surface area contributed by atoms with Crippen LogP contribution in [0.2, 0.25) is 0 Å². The van der Waals surface area contributed by atoms with Crippen LogP contribution in [-0.2, 0) is 22.7 Å². The van der Waals surface area contributed by atoms with E-state index in [1.807, 2.05) is 18.2 Å². The van der Waals surface area contributed by atoms with E-state index in [-0.39, 0.29) is 30.8 Å². The minimum absolute atomic E-state index is 0.221. The number of hydrogen-bond donors (Lipinski definition) is 3. The number of imide groups is 1. The number of urea groups is 1. The second kappa shape index (κ2) is 8.07. The number of nitrogens with zero attached hydrogens (tertiary/aromatic N) is 2. The summed E-state index contributed by atoms with van der Waals surface area (Å²) in [7, 11) is 0. The molecule has 5 rings (SSSR count). The second-order valence-electron chi connectivity index (χ2n) is 8.45. The van der Waals surface area contributed by atoms with Crippen molar-refractivity contribution in [3.05, 3.63) is 58.8 Å². The second-order valence-corrected chi connectivity index (χ2v) is 8.45. The van der Waals surface area contributed by atoms with E-state index in [9.17, 15) is 19.2 Å². The summed E-state index contributed by atoms with van der Waals surface area (Å²) in [6, 6.07) is 8.19. The number of piperidine rings is 1. The molecule has 1 aromatic heterocycles. The minimum atomic E-state index is -0.640. The van der Waals surface area contributed by atoms with Crippen LogP contribution >= 0.6 is 0 Å². The van der Waals surface area contributed by atoms with Crippen LogP contribution in [0.5, 0.6) is 0 Å². The van der Waals surface area contributed by atoms with Crippen LogP contribution in [0.15, 0.2) is 36.5 Å². The maximum Gasteiger partial charge on any atom is 0.320 e. The van der Waals surface area contributed by atoms with Gasteiger partial charge in [-0.1, -0.05) is 18.2 Å². The molecule has 5 amide bonds. The fourth-order valence-electron chi connectivity index (χ4n) is 4.19. The Bertz CT molecular complexity index is 1110. The standard InChI is InChI=1S/C23H23N5O4/c29-20-8-6-18(21(30)27-20)28-12-16-2-1-13(9-17(16)22(28)31)10-25-23(32)26-19-7-5-15(11-24-19)14-3-4-14/h1-2,5,7,9,11,14,18H,3-4,6,8,10,12H2,(H,27,29,30)(H2,24,25,26,32). The van der Waals surface area contributed by atoms with E-state index in [4.69, 9.17) is 0 Å². The van der Waals surface area contributed by atoms with Crippen molar-refractivity contribution in [3.63, 3.8) is 0 Å². The minimum Gasteiger partial charge on any atom is -0.334 e. The van der Waals surface area contributed by atoms with Crippen LogP contribution in [0.3, 0.4) is 0 Å². The number of carbonyl (C=O) groups excluding carboxylic acids is 4. The maximum absolute atomic E-state index is 12.9. The molecule has 1 aliphatic carbocycles.